The van der Waals surface area contributed by atoms with Gasteiger partial charge in [0.2, 0.25) is 0 Å². The Balaban J connectivity index is 1.12. The molecule has 6 heteroatoms. The first kappa shape index (κ1) is 24.5. The van der Waals surface area contributed by atoms with Gasteiger partial charge in [-0.05, 0) is 95.8 Å². The normalized spacial score (nSPS) is 19.7. The fraction of sp³-hybridized carbons (Fsp3) is 0.367. The second-order valence-corrected chi connectivity index (χ2v) is 10.1. The number of likely N-dealkylation sites (tertiary alicyclic amines) is 1. The summed E-state index contributed by atoms with van der Waals surface area (Å²) < 4.78 is 13.4. The predicted molar refractivity (Wildman–Crippen MR) is 143 cm³/mol. The molecule has 0 radical (unpaired) electrons. The number of amides is 2. The van der Waals surface area contributed by atoms with Crippen molar-refractivity contribution in [3.05, 3.63) is 83.2 Å². The predicted octanol–water partition coefficient (Wildman–Crippen LogP) is 5.72. The third kappa shape index (κ3) is 6.12. The number of benzene rings is 3. The van der Waals surface area contributed by atoms with Gasteiger partial charge in [-0.3, -0.25) is 4.90 Å². The quantitative estimate of drug-likeness (QED) is 0.399. The third-order valence-electron chi connectivity index (χ3n) is 7.35. The number of halogens is 1. The van der Waals surface area contributed by atoms with Gasteiger partial charge in [0.05, 0.1) is 0 Å². The number of urea groups is 1. The summed E-state index contributed by atoms with van der Waals surface area (Å²) in [6.07, 6.45) is 9.21. The van der Waals surface area contributed by atoms with Crippen LogP contribution in [-0.4, -0.2) is 41.8 Å². The number of aliphatic hydroxyl groups is 1. The molecule has 3 N–H and O–H groups in total. The maximum atomic E-state index is 13.4. The largest absolute Gasteiger partial charge is 0.396 e. The Hall–Kier alpha value is -3.22. The van der Waals surface area contributed by atoms with Crippen LogP contribution < -0.4 is 10.6 Å². The standard InChI is InChI=1S/C30H34FN3O2/c31-27-11-9-24-16-22(5-8-25(24)17-27)19-34-14-13-29(20-34)33-30(36)32-28-12-10-23-6-3-21(2-1-15-35)4-7-26(23)18-28/h3,5-6,8-12,16-18,21,29,35H,1-2,4,7,13-15,19-20H2,(H2,32,33,36)/t21?,29-/m1/s1. The summed E-state index contributed by atoms with van der Waals surface area (Å²) >= 11 is 0. The van der Waals surface area contributed by atoms with Crippen LogP contribution in [-0.2, 0) is 13.0 Å². The molecule has 2 amide bonds. The second kappa shape index (κ2) is 11.2. The highest BCUT2D eigenvalue weighted by Gasteiger charge is 2.24. The van der Waals surface area contributed by atoms with Crippen molar-refractivity contribution in [3.8, 4) is 0 Å². The first-order chi connectivity index (χ1) is 17.6. The van der Waals surface area contributed by atoms with Gasteiger partial charge < -0.3 is 15.7 Å². The van der Waals surface area contributed by atoms with Crippen LogP contribution in [0.3, 0.4) is 0 Å². The highest BCUT2D eigenvalue weighted by Crippen LogP contribution is 2.27. The van der Waals surface area contributed by atoms with Gasteiger partial charge >= 0.3 is 6.03 Å². The lowest BCUT2D eigenvalue weighted by Gasteiger charge is -2.18. The Labute approximate surface area is 212 Å². The van der Waals surface area contributed by atoms with E-state index in [-0.39, 0.29) is 24.5 Å². The lowest BCUT2D eigenvalue weighted by Crippen LogP contribution is -2.39. The van der Waals surface area contributed by atoms with Crippen molar-refractivity contribution < 1.29 is 14.3 Å². The smallest absolute Gasteiger partial charge is 0.319 e. The van der Waals surface area contributed by atoms with Crippen LogP contribution in [0.25, 0.3) is 16.8 Å². The van der Waals surface area contributed by atoms with Gasteiger partial charge in [-0.25, -0.2) is 9.18 Å². The molecule has 1 heterocycles. The summed E-state index contributed by atoms with van der Waals surface area (Å²) in [5.41, 5.74) is 4.46. The van der Waals surface area contributed by atoms with E-state index in [1.165, 1.54) is 22.8 Å². The number of nitrogens with zero attached hydrogens (tertiary/aromatic N) is 1. The maximum Gasteiger partial charge on any atom is 0.319 e. The van der Waals surface area contributed by atoms with Crippen LogP contribution in [0.5, 0.6) is 0 Å². The number of nitrogens with one attached hydrogen (secondary N) is 2. The lowest BCUT2D eigenvalue weighted by molar-refractivity contribution is 0.247. The molecule has 36 heavy (non-hydrogen) atoms. The second-order valence-electron chi connectivity index (χ2n) is 10.1. The SMILES string of the molecule is O=C(Nc1ccc2c(c1)CCC(CCCO)C=C2)N[C@@H]1CCN(Cc2ccc3cc(F)ccc3c2)C1. The number of allylic oxidation sites excluding steroid dienone is 1. The van der Waals surface area contributed by atoms with Crippen LogP contribution in [0.15, 0.2) is 60.7 Å². The van der Waals surface area contributed by atoms with Crippen molar-refractivity contribution in [2.75, 3.05) is 25.0 Å². The molecule has 188 valence electrons. The number of carbonyl (C=O) groups excluding carboxylic acids is 1. The van der Waals surface area contributed by atoms with Crippen molar-refractivity contribution in [1.82, 2.24) is 10.2 Å². The summed E-state index contributed by atoms with van der Waals surface area (Å²) in [6.45, 7) is 2.78. The average Bonchev–Trinajstić information content (AvgIpc) is 3.19. The topological polar surface area (TPSA) is 64.6 Å². The van der Waals surface area contributed by atoms with Crippen LogP contribution >= 0.6 is 0 Å². The molecule has 2 aliphatic rings. The van der Waals surface area contributed by atoms with E-state index in [1.54, 1.807) is 6.07 Å². The molecule has 1 aliphatic carbocycles. The van der Waals surface area contributed by atoms with Crippen molar-refractivity contribution in [2.24, 2.45) is 5.92 Å². The minimum absolute atomic E-state index is 0.107. The minimum atomic E-state index is -0.215. The third-order valence-corrected chi connectivity index (χ3v) is 7.35. The highest BCUT2D eigenvalue weighted by molar-refractivity contribution is 5.90. The van der Waals surface area contributed by atoms with Gasteiger partial charge in [-0.2, -0.15) is 0 Å². The number of hydrogen-bond acceptors (Lipinski definition) is 3. The van der Waals surface area contributed by atoms with E-state index in [0.29, 0.717) is 5.92 Å². The molecule has 5 nitrogen and oxygen atoms in total. The summed E-state index contributed by atoms with van der Waals surface area (Å²) in [5.74, 6) is 0.278. The molecule has 1 aliphatic heterocycles. The van der Waals surface area contributed by atoms with Gasteiger partial charge in [0.25, 0.3) is 0 Å². The first-order valence-corrected chi connectivity index (χ1v) is 13.0. The minimum Gasteiger partial charge on any atom is -0.396 e. The Morgan fingerprint density at radius 3 is 2.81 bits per heavy atom. The monoisotopic (exact) mass is 487 g/mol. The number of hydrogen-bond donors (Lipinski definition) is 3. The molecule has 3 aromatic rings. The molecule has 1 unspecified atom stereocenters. The van der Waals surface area contributed by atoms with Crippen molar-refractivity contribution in [3.63, 3.8) is 0 Å². The Morgan fingerprint density at radius 1 is 1.06 bits per heavy atom. The number of carbonyl (C=O) groups is 1. The molecule has 3 aromatic carbocycles. The van der Waals surface area contributed by atoms with Crippen molar-refractivity contribution >= 4 is 28.6 Å². The van der Waals surface area contributed by atoms with Gasteiger partial charge in [0, 0.05) is 38.0 Å². The van der Waals surface area contributed by atoms with Crippen molar-refractivity contribution in [1.29, 1.82) is 0 Å². The maximum absolute atomic E-state index is 13.4. The highest BCUT2D eigenvalue weighted by atomic mass is 19.1. The molecule has 2 atom stereocenters. The molecule has 0 aromatic heterocycles. The summed E-state index contributed by atoms with van der Waals surface area (Å²) in [7, 11) is 0. The van der Waals surface area contributed by atoms with Crippen LogP contribution in [0.2, 0.25) is 0 Å². The molecule has 0 bridgehead atoms. The molecule has 1 fully saturated rings. The fourth-order valence-corrected chi connectivity index (χ4v) is 5.40. The van der Waals surface area contributed by atoms with E-state index in [0.717, 1.165) is 68.2 Å². The van der Waals surface area contributed by atoms with E-state index < -0.39 is 0 Å². The van der Waals surface area contributed by atoms with E-state index >= 15 is 0 Å². The molecular formula is C30H34FN3O2. The number of aliphatic hydroxyl groups excluding tert-OH is 1. The van der Waals surface area contributed by atoms with E-state index in [9.17, 15) is 9.18 Å². The number of fused-ring (bicyclic) bond motifs is 2. The first-order valence-electron chi connectivity index (χ1n) is 13.0. The number of anilines is 1. The summed E-state index contributed by atoms with van der Waals surface area (Å²) in [6, 6.07) is 17.1. The average molecular weight is 488 g/mol. The van der Waals surface area contributed by atoms with Gasteiger partial charge in [-0.1, -0.05) is 36.4 Å². The van der Waals surface area contributed by atoms with E-state index in [1.807, 2.05) is 18.2 Å². The zero-order chi connectivity index (χ0) is 24.9. The van der Waals surface area contributed by atoms with Crippen LogP contribution in [0.1, 0.15) is 42.4 Å². The summed E-state index contributed by atoms with van der Waals surface area (Å²) in [5, 5.41) is 17.2. The Bertz CT molecular complexity index is 1260. The van der Waals surface area contributed by atoms with Crippen LogP contribution in [0.4, 0.5) is 14.9 Å². The van der Waals surface area contributed by atoms with Gasteiger partial charge in [-0.15, -0.1) is 0 Å². The van der Waals surface area contributed by atoms with Crippen LogP contribution in [0, 0.1) is 11.7 Å². The van der Waals surface area contributed by atoms with Gasteiger partial charge in [0.15, 0.2) is 0 Å². The molecule has 0 spiro atoms. The zero-order valence-electron chi connectivity index (χ0n) is 20.6. The van der Waals surface area contributed by atoms with E-state index in [2.05, 4.69) is 52.0 Å². The number of rotatable bonds is 7. The molecule has 5 rings (SSSR count). The van der Waals surface area contributed by atoms with E-state index in [4.69, 9.17) is 5.11 Å². The van der Waals surface area contributed by atoms with Crippen molar-refractivity contribution in [2.45, 2.75) is 44.7 Å². The zero-order valence-corrected chi connectivity index (χ0v) is 20.6. The molecular weight excluding hydrogens is 453 g/mol. The fourth-order valence-electron chi connectivity index (χ4n) is 5.40. The molecule has 0 saturated carbocycles. The number of aryl methyl sites for hydroxylation is 1. The lowest BCUT2D eigenvalue weighted by atomic mass is 9.97. The van der Waals surface area contributed by atoms with Gasteiger partial charge in [0.1, 0.15) is 5.82 Å². The Kier molecular flexibility index (Phi) is 7.63. The molecule has 1 saturated heterocycles. The Morgan fingerprint density at radius 2 is 1.92 bits per heavy atom. The summed E-state index contributed by atoms with van der Waals surface area (Å²) in [4.78, 5) is 15.0.